The van der Waals surface area contributed by atoms with Crippen LogP contribution in [0.2, 0.25) is 0 Å². The Bertz CT molecular complexity index is 702. The Morgan fingerprint density at radius 1 is 1.33 bits per heavy atom. The number of fused-ring (bicyclic) bond motifs is 1. The average Bonchev–Trinajstić information content (AvgIpc) is 2.91. The van der Waals surface area contributed by atoms with Gasteiger partial charge in [0.2, 0.25) is 0 Å². The number of amides is 1. The predicted molar refractivity (Wildman–Crippen MR) is 84.6 cm³/mol. The van der Waals surface area contributed by atoms with E-state index in [-0.39, 0.29) is 10.2 Å². The Morgan fingerprint density at radius 2 is 2.05 bits per heavy atom. The lowest BCUT2D eigenvalue weighted by Gasteiger charge is -2.16. The molecule has 0 saturated carbocycles. The molecule has 2 aliphatic rings. The summed E-state index contributed by atoms with van der Waals surface area (Å²) < 4.78 is 0.247. The van der Waals surface area contributed by atoms with E-state index in [9.17, 15) is 14.7 Å². The monoisotopic (exact) mass is 337 g/mol. The van der Waals surface area contributed by atoms with Crippen molar-refractivity contribution >= 4 is 57.6 Å². The van der Waals surface area contributed by atoms with Crippen LogP contribution in [0.3, 0.4) is 0 Å². The summed E-state index contributed by atoms with van der Waals surface area (Å²) in [6.07, 6.45) is 0. The molecule has 2 aliphatic heterocycles. The lowest BCUT2D eigenvalue weighted by atomic mass is 10.3. The number of carboxylic acid groups (broad SMARTS) is 1. The van der Waals surface area contributed by atoms with Crippen LogP contribution in [0.15, 0.2) is 39.1 Å². The first-order valence-corrected chi connectivity index (χ1v) is 8.01. The molecule has 0 aromatic heterocycles. The zero-order chi connectivity index (χ0) is 15.1. The number of thiocarbonyl (C=S) groups is 1. The first-order valence-electron chi connectivity index (χ1n) is 5.97. The molecule has 0 unspecified atom stereocenters. The van der Waals surface area contributed by atoms with Gasteiger partial charge in [-0.1, -0.05) is 47.9 Å². The summed E-state index contributed by atoms with van der Waals surface area (Å²) in [5, 5.41) is 11.5. The number of nitrogens with zero attached hydrogens (tertiary/aromatic N) is 2. The number of hydrogen-bond acceptors (Lipinski definition) is 7. The number of rotatable bonds is 2. The smallest absolute Gasteiger partial charge is 0.269 e. The lowest BCUT2D eigenvalue weighted by molar-refractivity contribution is -0.305. The van der Waals surface area contributed by atoms with Gasteiger partial charge in [0.15, 0.2) is 0 Å². The summed E-state index contributed by atoms with van der Waals surface area (Å²) in [6.45, 7) is -0.511. The van der Waals surface area contributed by atoms with Crippen LogP contribution < -0.4 is 10.0 Å². The lowest BCUT2D eigenvalue weighted by Crippen LogP contribution is -2.40. The van der Waals surface area contributed by atoms with Crippen LogP contribution in [0.25, 0.3) is 0 Å². The predicted octanol–water partition coefficient (Wildman–Crippen LogP) is 1.01. The van der Waals surface area contributed by atoms with E-state index in [2.05, 4.69) is 0 Å². The zero-order valence-electron chi connectivity index (χ0n) is 10.9. The standard InChI is InChI=1S/C13H10N2O3S3/c1-14-7-4-2-3-5-8(7)20-12(14)10-11(18)15(6-9(16)17)13(19)21-10/h2-5H,6H2,1H3,(H,16,17)/p-1/b12-10+. The second kappa shape index (κ2) is 5.36. The molecule has 1 amide bonds. The Hall–Kier alpha value is -1.51. The van der Waals surface area contributed by atoms with Gasteiger partial charge in [0, 0.05) is 11.9 Å². The van der Waals surface area contributed by atoms with Crippen molar-refractivity contribution in [2.75, 3.05) is 18.5 Å². The van der Waals surface area contributed by atoms with Gasteiger partial charge in [-0.25, -0.2) is 0 Å². The Balaban J connectivity index is 1.97. The number of para-hydroxylation sites is 1. The number of carbonyl (C=O) groups excluding carboxylic acids is 2. The number of carboxylic acids is 1. The molecule has 0 N–H and O–H groups in total. The fourth-order valence-corrected chi connectivity index (χ4v) is 4.67. The van der Waals surface area contributed by atoms with E-state index < -0.39 is 12.5 Å². The highest BCUT2D eigenvalue weighted by Gasteiger charge is 2.37. The Morgan fingerprint density at radius 3 is 2.71 bits per heavy atom. The van der Waals surface area contributed by atoms with Crippen LogP contribution >= 0.6 is 35.7 Å². The van der Waals surface area contributed by atoms with E-state index in [0.717, 1.165) is 32.3 Å². The molecule has 8 heteroatoms. The quantitative estimate of drug-likeness (QED) is 0.589. The number of hydrogen-bond donors (Lipinski definition) is 0. The highest BCUT2D eigenvalue weighted by molar-refractivity contribution is 8.27. The molecule has 108 valence electrons. The number of carbonyl (C=O) groups is 2. The fraction of sp³-hybridized carbons (Fsp3) is 0.154. The molecule has 2 heterocycles. The van der Waals surface area contributed by atoms with Crippen LogP contribution in [0.4, 0.5) is 5.69 Å². The van der Waals surface area contributed by atoms with Crippen molar-refractivity contribution in [2.45, 2.75) is 4.90 Å². The number of thioether (sulfide) groups is 2. The summed E-state index contributed by atoms with van der Waals surface area (Å²) in [6, 6.07) is 7.81. The third-order valence-corrected chi connectivity index (χ3v) is 5.87. The molecule has 0 aliphatic carbocycles. The van der Waals surface area contributed by atoms with Crippen molar-refractivity contribution < 1.29 is 14.7 Å². The maximum atomic E-state index is 12.4. The van der Waals surface area contributed by atoms with Gasteiger partial charge in [-0.15, -0.1) is 0 Å². The first-order chi connectivity index (χ1) is 9.99. The molecular weight excluding hydrogens is 328 g/mol. The number of aliphatic carboxylic acids is 1. The van der Waals surface area contributed by atoms with Gasteiger partial charge in [0.05, 0.1) is 23.2 Å². The maximum Gasteiger partial charge on any atom is 0.269 e. The van der Waals surface area contributed by atoms with Crippen molar-refractivity contribution in [1.29, 1.82) is 0 Å². The molecule has 5 nitrogen and oxygen atoms in total. The SMILES string of the molecule is CN1/C(=C2\SC(=S)N(CC(=O)[O-])C2=O)Sc2ccccc21. The number of benzene rings is 1. The topological polar surface area (TPSA) is 63.7 Å². The van der Waals surface area contributed by atoms with Crippen molar-refractivity contribution in [3.8, 4) is 0 Å². The Kier molecular flexibility index (Phi) is 3.68. The highest BCUT2D eigenvalue weighted by Crippen LogP contribution is 2.49. The first kappa shape index (κ1) is 14.4. The van der Waals surface area contributed by atoms with E-state index in [1.54, 1.807) is 0 Å². The van der Waals surface area contributed by atoms with Gasteiger partial charge < -0.3 is 14.8 Å². The number of anilines is 1. The van der Waals surface area contributed by atoms with Gasteiger partial charge in [0.25, 0.3) is 5.91 Å². The minimum Gasteiger partial charge on any atom is -0.548 e. The zero-order valence-corrected chi connectivity index (χ0v) is 13.3. The third-order valence-electron chi connectivity index (χ3n) is 3.07. The maximum absolute atomic E-state index is 12.4. The van der Waals surface area contributed by atoms with Crippen molar-refractivity contribution in [2.24, 2.45) is 0 Å². The third kappa shape index (κ3) is 2.43. The molecule has 1 fully saturated rings. The van der Waals surface area contributed by atoms with Crippen LogP contribution in [0, 0.1) is 0 Å². The van der Waals surface area contributed by atoms with E-state index in [1.807, 2.05) is 36.2 Å². The van der Waals surface area contributed by atoms with Crippen LogP contribution in [0.5, 0.6) is 0 Å². The van der Waals surface area contributed by atoms with E-state index >= 15 is 0 Å². The van der Waals surface area contributed by atoms with Gasteiger partial charge >= 0.3 is 0 Å². The molecule has 21 heavy (non-hydrogen) atoms. The van der Waals surface area contributed by atoms with Crippen LogP contribution in [-0.2, 0) is 9.59 Å². The minimum absolute atomic E-state index is 0.247. The van der Waals surface area contributed by atoms with Crippen molar-refractivity contribution in [3.05, 3.63) is 34.2 Å². The molecule has 0 radical (unpaired) electrons. The van der Waals surface area contributed by atoms with Crippen molar-refractivity contribution in [3.63, 3.8) is 0 Å². The van der Waals surface area contributed by atoms with E-state index in [4.69, 9.17) is 12.2 Å². The molecule has 3 rings (SSSR count). The molecule has 1 aromatic carbocycles. The van der Waals surface area contributed by atoms with E-state index in [0.29, 0.717) is 4.91 Å². The second-order valence-electron chi connectivity index (χ2n) is 4.39. The highest BCUT2D eigenvalue weighted by atomic mass is 32.2. The minimum atomic E-state index is -1.33. The van der Waals surface area contributed by atoms with E-state index in [1.165, 1.54) is 11.8 Å². The summed E-state index contributed by atoms with van der Waals surface area (Å²) >= 11 is 7.70. The molecule has 0 spiro atoms. The van der Waals surface area contributed by atoms with Crippen molar-refractivity contribution in [1.82, 2.24) is 4.90 Å². The normalized spacial score (nSPS) is 21.2. The summed E-state index contributed by atoms with van der Waals surface area (Å²) in [5.74, 6) is -1.70. The molecule has 1 aromatic rings. The molecule has 0 bridgehead atoms. The van der Waals surface area contributed by atoms with Gasteiger partial charge in [0.1, 0.15) is 9.23 Å². The summed E-state index contributed by atoms with van der Waals surface area (Å²) in [5.41, 5.74) is 1.02. The Labute approximate surface area is 135 Å². The molecular formula is C13H9N2O3S3-. The van der Waals surface area contributed by atoms with Crippen LogP contribution in [-0.4, -0.2) is 34.7 Å². The molecule has 1 saturated heterocycles. The van der Waals surface area contributed by atoms with Gasteiger partial charge in [-0.05, 0) is 12.1 Å². The second-order valence-corrected chi connectivity index (χ2v) is 7.07. The van der Waals surface area contributed by atoms with Gasteiger partial charge in [-0.2, -0.15) is 0 Å². The average molecular weight is 337 g/mol. The largest absolute Gasteiger partial charge is 0.548 e. The van der Waals surface area contributed by atoms with Gasteiger partial charge in [-0.3, -0.25) is 9.69 Å². The van der Waals surface area contributed by atoms with Crippen LogP contribution in [0.1, 0.15) is 0 Å². The summed E-state index contributed by atoms with van der Waals surface area (Å²) in [4.78, 5) is 27.6. The summed E-state index contributed by atoms with van der Waals surface area (Å²) in [7, 11) is 1.87. The molecule has 0 atom stereocenters. The fourth-order valence-electron chi connectivity index (χ4n) is 2.09.